The molecule has 1 aliphatic carbocycles. The zero-order chi connectivity index (χ0) is 14.6. The van der Waals surface area contributed by atoms with Crippen LogP contribution >= 0.6 is 0 Å². The molecular formula is C18H29NO. The van der Waals surface area contributed by atoms with Crippen molar-refractivity contribution in [1.29, 1.82) is 0 Å². The largest absolute Gasteiger partial charge is 0.383 e. The number of ether oxygens (including phenoxy) is 1. The van der Waals surface area contributed by atoms with Crippen LogP contribution in [0.3, 0.4) is 0 Å². The summed E-state index contributed by atoms with van der Waals surface area (Å²) in [7, 11) is 1.76. The molecule has 1 aliphatic rings. The SMILES string of the molecule is COCCNCC1(c2ccc(C(C)(C)C)cc2)CCC1. The van der Waals surface area contributed by atoms with Gasteiger partial charge in [-0.05, 0) is 29.4 Å². The number of rotatable bonds is 6. The molecule has 0 atom stereocenters. The van der Waals surface area contributed by atoms with E-state index in [2.05, 4.69) is 50.4 Å². The first-order valence-electron chi connectivity index (χ1n) is 7.79. The molecule has 0 bridgehead atoms. The maximum absolute atomic E-state index is 5.10. The summed E-state index contributed by atoms with van der Waals surface area (Å²) in [6, 6.07) is 9.31. The van der Waals surface area contributed by atoms with Crippen molar-refractivity contribution in [2.45, 2.75) is 50.9 Å². The van der Waals surface area contributed by atoms with Gasteiger partial charge in [0.2, 0.25) is 0 Å². The molecule has 0 radical (unpaired) electrons. The fourth-order valence-corrected chi connectivity index (χ4v) is 3.00. The van der Waals surface area contributed by atoms with Gasteiger partial charge in [0.15, 0.2) is 0 Å². The van der Waals surface area contributed by atoms with E-state index >= 15 is 0 Å². The van der Waals surface area contributed by atoms with Crippen LogP contribution in [0.1, 0.15) is 51.2 Å². The molecule has 2 rings (SSSR count). The molecule has 1 aromatic rings. The number of methoxy groups -OCH3 is 1. The van der Waals surface area contributed by atoms with Gasteiger partial charge in [0, 0.05) is 25.6 Å². The van der Waals surface area contributed by atoms with Gasteiger partial charge >= 0.3 is 0 Å². The van der Waals surface area contributed by atoms with E-state index in [4.69, 9.17) is 4.74 Å². The second-order valence-corrected chi connectivity index (χ2v) is 7.13. The van der Waals surface area contributed by atoms with Crippen LogP contribution in [-0.4, -0.2) is 26.8 Å². The maximum Gasteiger partial charge on any atom is 0.0587 e. The Morgan fingerprint density at radius 3 is 2.25 bits per heavy atom. The van der Waals surface area contributed by atoms with Crippen LogP contribution in [0.2, 0.25) is 0 Å². The molecule has 2 nitrogen and oxygen atoms in total. The summed E-state index contributed by atoms with van der Waals surface area (Å²) in [4.78, 5) is 0. The summed E-state index contributed by atoms with van der Waals surface area (Å²) in [5.74, 6) is 0. The van der Waals surface area contributed by atoms with Gasteiger partial charge < -0.3 is 10.1 Å². The Kier molecular flexibility index (Phi) is 4.87. The molecule has 0 heterocycles. The smallest absolute Gasteiger partial charge is 0.0587 e. The lowest BCUT2D eigenvalue weighted by molar-refractivity contribution is 0.185. The molecule has 0 amide bonds. The molecule has 20 heavy (non-hydrogen) atoms. The number of hydrogen-bond donors (Lipinski definition) is 1. The van der Waals surface area contributed by atoms with E-state index in [1.807, 2.05) is 0 Å². The second kappa shape index (κ2) is 6.28. The fraction of sp³-hybridized carbons (Fsp3) is 0.667. The minimum absolute atomic E-state index is 0.238. The zero-order valence-corrected chi connectivity index (χ0v) is 13.5. The predicted octanol–water partition coefficient (Wildman–Crippen LogP) is 3.64. The van der Waals surface area contributed by atoms with E-state index in [-0.39, 0.29) is 5.41 Å². The van der Waals surface area contributed by atoms with Crippen molar-refractivity contribution in [2.75, 3.05) is 26.8 Å². The van der Waals surface area contributed by atoms with Gasteiger partial charge in [-0.3, -0.25) is 0 Å². The molecule has 0 aromatic heterocycles. The van der Waals surface area contributed by atoms with E-state index in [1.54, 1.807) is 7.11 Å². The molecule has 0 spiro atoms. The molecule has 2 heteroatoms. The fourth-order valence-electron chi connectivity index (χ4n) is 3.00. The second-order valence-electron chi connectivity index (χ2n) is 7.13. The Hall–Kier alpha value is -0.860. The van der Waals surface area contributed by atoms with E-state index in [9.17, 15) is 0 Å². The molecular weight excluding hydrogens is 246 g/mol. The highest BCUT2D eigenvalue weighted by Gasteiger charge is 2.38. The molecule has 112 valence electrons. The number of nitrogens with one attached hydrogen (secondary N) is 1. The van der Waals surface area contributed by atoms with Gasteiger partial charge in [-0.15, -0.1) is 0 Å². The Labute approximate surface area is 123 Å². The van der Waals surface area contributed by atoms with Crippen molar-refractivity contribution in [3.8, 4) is 0 Å². The Morgan fingerprint density at radius 2 is 1.80 bits per heavy atom. The van der Waals surface area contributed by atoms with Crippen LogP contribution < -0.4 is 5.32 Å². The van der Waals surface area contributed by atoms with Gasteiger partial charge in [-0.1, -0.05) is 51.5 Å². The molecule has 0 saturated heterocycles. The monoisotopic (exact) mass is 275 g/mol. The van der Waals surface area contributed by atoms with E-state index in [1.165, 1.54) is 30.4 Å². The molecule has 1 saturated carbocycles. The van der Waals surface area contributed by atoms with Crippen LogP contribution in [0.15, 0.2) is 24.3 Å². The molecule has 1 aromatic carbocycles. The lowest BCUT2D eigenvalue weighted by atomic mass is 9.64. The lowest BCUT2D eigenvalue weighted by Gasteiger charge is -2.43. The normalized spacial score (nSPS) is 17.8. The van der Waals surface area contributed by atoms with Crippen molar-refractivity contribution in [2.24, 2.45) is 0 Å². The lowest BCUT2D eigenvalue weighted by Crippen LogP contribution is -2.44. The van der Waals surface area contributed by atoms with Crippen LogP contribution in [0.25, 0.3) is 0 Å². The Morgan fingerprint density at radius 1 is 1.15 bits per heavy atom. The van der Waals surface area contributed by atoms with Crippen molar-refractivity contribution >= 4 is 0 Å². The van der Waals surface area contributed by atoms with Gasteiger partial charge in [-0.2, -0.15) is 0 Å². The highest BCUT2D eigenvalue weighted by Crippen LogP contribution is 2.43. The quantitative estimate of drug-likeness (QED) is 0.800. The standard InChI is InChI=1S/C18H29NO/c1-17(2,3)15-6-8-16(9-7-15)18(10-5-11-18)14-19-12-13-20-4/h6-9,19H,5,10-14H2,1-4H3. The summed E-state index contributed by atoms with van der Waals surface area (Å²) in [5.41, 5.74) is 3.52. The van der Waals surface area contributed by atoms with Gasteiger partial charge in [-0.25, -0.2) is 0 Å². The average Bonchev–Trinajstić information content (AvgIpc) is 2.36. The van der Waals surface area contributed by atoms with Gasteiger partial charge in [0.25, 0.3) is 0 Å². The van der Waals surface area contributed by atoms with Crippen LogP contribution in [0, 0.1) is 0 Å². The highest BCUT2D eigenvalue weighted by atomic mass is 16.5. The third kappa shape index (κ3) is 3.42. The molecule has 0 aliphatic heterocycles. The molecule has 1 fully saturated rings. The number of benzene rings is 1. The topological polar surface area (TPSA) is 21.3 Å². The van der Waals surface area contributed by atoms with Crippen molar-refractivity contribution < 1.29 is 4.74 Å². The van der Waals surface area contributed by atoms with Crippen LogP contribution in [0.5, 0.6) is 0 Å². The van der Waals surface area contributed by atoms with Crippen molar-refractivity contribution in [3.63, 3.8) is 0 Å². The summed E-state index contributed by atoms with van der Waals surface area (Å²) in [5, 5.41) is 3.55. The minimum Gasteiger partial charge on any atom is -0.383 e. The Balaban J connectivity index is 2.04. The Bertz CT molecular complexity index is 412. The number of hydrogen-bond acceptors (Lipinski definition) is 2. The van der Waals surface area contributed by atoms with E-state index in [0.29, 0.717) is 5.41 Å². The average molecular weight is 275 g/mol. The maximum atomic E-state index is 5.10. The molecule has 0 unspecified atom stereocenters. The summed E-state index contributed by atoms with van der Waals surface area (Å²) < 4.78 is 5.10. The first-order valence-corrected chi connectivity index (χ1v) is 7.79. The van der Waals surface area contributed by atoms with Crippen LogP contribution in [0.4, 0.5) is 0 Å². The first-order chi connectivity index (χ1) is 9.48. The van der Waals surface area contributed by atoms with Gasteiger partial charge in [0.1, 0.15) is 0 Å². The van der Waals surface area contributed by atoms with Crippen molar-refractivity contribution in [3.05, 3.63) is 35.4 Å². The van der Waals surface area contributed by atoms with E-state index in [0.717, 1.165) is 19.7 Å². The van der Waals surface area contributed by atoms with Gasteiger partial charge in [0.05, 0.1) is 6.61 Å². The van der Waals surface area contributed by atoms with Crippen molar-refractivity contribution in [1.82, 2.24) is 5.32 Å². The summed E-state index contributed by atoms with van der Waals surface area (Å²) in [6.07, 6.45) is 3.97. The van der Waals surface area contributed by atoms with E-state index < -0.39 is 0 Å². The summed E-state index contributed by atoms with van der Waals surface area (Å²) >= 11 is 0. The van der Waals surface area contributed by atoms with Crippen LogP contribution in [-0.2, 0) is 15.6 Å². The highest BCUT2D eigenvalue weighted by molar-refractivity contribution is 5.34. The molecule has 1 N–H and O–H groups in total. The first kappa shape index (κ1) is 15.5. The minimum atomic E-state index is 0.238. The third-order valence-corrected chi connectivity index (χ3v) is 4.62. The summed E-state index contributed by atoms with van der Waals surface area (Å²) in [6.45, 7) is 9.62. The predicted molar refractivity (Wildman–Crippen MR) is 85.4 cm³/mol. The third-order valence-electron chi connectivity index (χ3n) is 4.62. The zero-order valence-electron chi connectivity index (χ0n) is 13.5.